The third-order valence-corrected chi connectivity index (χ3v) is 5.99. The molecule has 0 amide bonds. The van der Waals surface area contributed by atoms with Crippen LogP contribution in [0.1, 0.15) is 33.1 Å². The molecule has 0 radical (unpaired) electrons. The Morgan fingerprint density at radius 1 is 1.50 bits per heavy atom. The Bertz CT molecular complexity index is 429. The van der Waals surface area contributed by atoms with E-state index < -0.39 is 15.4 Å². The Morgan fingerprint density at radius 2 is 2.12 bits per heavy atom. The summed E-state index contributed by atoms with van der Waals surface area (Å²) in [4.78, 5) is 13.9. The molecule has 2 atom stereocenters. The van der Waals surface area contributed by atoms with Gasteiger partial charge in [-0.2, -0.15) is 4.83 Å². The van der Waals surface area contributed by atoms with E-state index >= 15 is 0 Å². The van der Waals surface area contributed by atoms with Crippen LogP contribution in [0.4, 0.5) is 0 Å². The highest BCUT2D eigenvalue weighted by Gasteiger charge is 2.65. The van der Waals surface area contributed by atoms with E-state index in [-0.39, 0.29) is 17.0 Å². The standard InChI is InChI=1S/C10H18N2O3S/c1-9(2)7-3-4-10(9,8(13)5-7)6-16(14,15)12-11/h7,12H,3-6,11H2,1-2H3. The van der Waals surface area contributed by atoms with Crippen LogP contribution in [0.5, 0.6) is 0 Å². The van der Waals surface area contributed by atoms with Crippen LogP contribution in [-0.2, 0) is 14.8 Å². The summed E-state index contributed by atoms with van der Waals surface area (Å²) in [5, 5.41) is 0. The lowest BCUT2D eigenvalue weighted by atomic mass is 9.70. The van der Waals surface area contributed by atoms with Gasteiger partial charge in [-0.3, -0.25) is 10.6 Å². The van der Waals surface area contributed by atoms with Gasteiger partial charge in [0, 0.05) is 11.8 Å². The van der Waals surface area contributed by atoms with E-state index in [2.05, 4.69) is 0 Å². The van der Waals surface area contributed by atoms with E-state index in [9.17, 15) is 13.2 Å². The predicted octanol–water partition coefficient (Wildman–Crippen LogP) is 0.175. The molecule has 3 N–H and O–H groups in total. The van der Waals surface area contributed by atoms with Crippen molar-refractivity contribution in [3.63, 3.8) is 0 Å². The van der Waals surface area contributed by atoms with Gasteiger partial charge >= 0.3 is 0 Å². The fourth-order valence-electron chi connectivity index (χ4n) is 3.47. The largest absolute Gasteiger partial charge is 0.299 e. The van der Waals surface area contributed by atoms with Crippen molar-refractivity contribution in [3.8, 4) is 0 Å². The van der Waals surface area contributed by atoms with Crippen LogP contribution in [0, 0.1) is 16.7 Å². The number of hydrogen-bond donors (Lipinski definition) is 2. The molecule has 0 aromatic heterocycles. The number of hydrazine groups is 1. The average molecular weight is 246 g/mol. The number of hydrogen-bond acceptors (Lipinski definition) is 4. The third kappa shape index (κ3) is 1.36. The molecule has 5 nitrogen and oxygen atoms in total. The highest BCUT2D eigenvalue weighted by molar-refractivity contribution is 7.89. The maximum atomic E-state index is 12.0. The fraction of sp³-hybridized carbons (Fsp3) is 0.900. The molecule has 0 aromatic carbocycles. The van der Waals surface area contributed by atoms with Crippen molar-refractivity contribution >= 4 is 15.8 Å². The van der Waals surface area contributed by atoms with Crippen molar-refractivity contribution in [3.05, 3.63) is 0 Å². The molecule has 0 heterocycles. The first-order chi connectivity index (χ1) is 7.25. The summed E-state index contributed by atoms with van der Waals surface area (Å²) in [7, 11) is -3.54. The van der Waals surface area contributed by atoms with Crippen molar-refractivity contribution in [2.75, 3.05) is 5.75 Å². The minimum absolute atomic E-state index is 0.0903. The van der Waals surface area contributed by atoms with E-state index in [0.717, 1.165) is 6.42 Å². The lowest BCUT2D eigenvalue weighted by Crippen LogP contribution is -2.46. The minimum Gasteiger partial charge on any atom is -0.299 e. The molecule has 2 rings (SSSR count). The first-order valence-corrected chi connectivity index (χ1v) is 7.14. The Hall–Kier alpha value is -0.460. The van der Waals surface area contributed by atoms with Gasteiger partial charge in [-0.15, -0.1) is 0 Å². The summed E-state index contributed by atoms with van der Waals surface area (Å²) in [6, 6.07) is 0. The summed E-state index contributed by atoms with van der Waals surface area (Å²) in [5.41, 5.74) is -0.948. The second-order valence-electron chi connectivity index (χ2n) is 5.54. The maximum Gasteiger partial charge on any atom is 0.225 e. The van der Waals surface area contributed by atoms with Crippen molar-refractivity contribution in [1.29, 1.82) is 0 Å². The summed E-state index contributed by atoms with van der Waals surface area (Å²) < 4.78 is 23.2. The molecule has 0 spiro atoms. The van der Waals surface area contributed by atoms with Gasteiger partial charge in [-0.1, -0.05) is 13.8 Å². The van der Waals surface area contributed by atoms with Gasteiger partial charge < -0.3 is 0 Å². The molecule has 2 saturated carbocycles. The molecule has 92 valence electrons. The van der Waals surface area contributed by atoms with Crippen molar-refractivity contribution < 1.29 is 13.2 Å². The monoisotopic (exact) mass is 246 g/mol. The van der Waals surface area contributed by atoms with Crippen molar-refractivity contribution in [1.82, 2.24) is 4.83 Å². The molecule has 16 heavy (non-hydrogen) atoms. The van der Waals surface area contributed by atoms with Crippen LogP contribution in [0.25, 0.3) is 0 Å². The molecule has 0 aliphatic heterocycles. The van der Waals surface area contributed by atoms with Gasteiger partial charge in [0.1, 0.15) is 5.78 Å². The summed E-state index contributed by atoms with van der Waals surface area (Å²) >= 11 is 0. The molecule has 0 saturated heterocycles. The normalized spacial score (nSPS) is 36.9. The molecule has 0 aromatic rings. The van der Waals surface area contributed by atoms with Crippen LogP contribution in [0.15, 0.2) is 0 Å². The van der Waals surface area contributed by atoms with E-state index in [1.165, 1.54) is 0 Å². The SMILES string of the molecule is CC1(C)C2CCC1(CS(=O)(=O)NN)C(=O)C2. The topological polar surface area (TPSA) is 89.3 Å². The first-order valence-electron chi connectivity index (χ1n) is 5.48. The van der Waals surface area contributed by atoms with E-state index in [1.807, 2.05) is 18.7 Å². The smallest absolute Gasteiger partial charge is 0.225 e. The van der Waals surface area contributed by atoms with E-state index in [0.29, 0.717) is 18.8 Å². The zero-order chi connectivity index (χ0) is 12.2. The van der Waals surface area contributed by atoms with E-state index in [4.69, 9.17) is 5.84 Å². The van der Waals surface area contributed by atoms with Crippen molar-refractivity contribution in [2.45, 2.75) is 33.1 Å². The second-order valence-corrected chi connectivity index (χ2v) is 7.30. The fourth-order valence-corrected chi connectivity index (χ4v) is 4.88. The number of Topliss-reactive ketones (excluding diaryl/α,β-unsaturated/α-hetero) is 1. The van der Waals surface area contributed by atoms with Gasteiger partial charge in [0.2, 0.25) is 10.0 Å². The Kier molecular flexibility index (Phi) is 2.46. The molecule has 6 heteroatoms. The van der Waals surface area contributed by atoms with Crippen LogP contribution < -0.4 is 10.7 Å². The molecular formula is C10H18N2O3S. The summed E-state index contributed by atoms with van der Waals surface area (Å²) in [6.07, 6.45) is 2.14. The number of carbonyl (C=O) groups is 1. The molecule has 2 bridgehead atoms. The first kappa shape index (κ1) is 12.0. The lowest BCUT2D eigenvalue weighted by Gasteiger charge is -2.35. The quantitative estimate of drug-likeness (QED) is 0.549. The van der Waals surface area contributed by atoms with Crippen LogP contribution in [0.3, 0.4) is 0 Å². The number of nitrogens with two attached hydrogens (primary N) is 1. The minimum atomic E-state index is -3.54. The molecule has 2 unspecified atom stereocenters. The number of fused-ring (bicyclic) bond motifs is 2. The van der Waals surface area contributed by atoms with Gasteiger partial charge in [0.05, 0.1) is 5.75 Å². The van der Waals surface area contributed by atoms with Crippen LogP contribution >= 0.6 is 0 Å². The summed E-state index contributed by atoms with van der Waals surface area (Å²) in [6.45, 7) is 4.00. The van der Waals surface area contributed by atoms with E-state index in [1.54, 1.807) is 0 Å². The maximum absolute atomic E-state index is 12.0. The molecule has 2 fully saturated rings. The predicted molar refractivity (Wildman–Crippen MR) is 59.7 cm³/mol. The second kappa shape index (κ2) is 3.27. The number of rotatable bonds is 3. The highest BCUT2D eigenvalue weighted by Crippen LogP contribution is 2.64. The average Bonchev–Trinajstić information content (AvgIpc) is 2.51. The van der Waals surface area contributed by atoms with Gasteiger partial charge in [0.15, 0.2) is 0 Å². The number of sulfonamides is 1. The molecule has 2 aliphatic carbocycles. The van der Waals surface area contributed by atoms with Crippen LogP contribution in [-0.4, -0.2) is 20.0 Å². The van der Waals surface area contributed by atoms with Gasteiger partial charge in [0.25, 0.3) is 0 Å². The Balaban J connectivity index is 2.40. The van der Waals surface area contributed by atoms with Gasteiger partial charge in [-0.05, 0) is 24.2 Å². The highest BCUT2D eigenvalue weighted by atomic mass is 32.2. The number of nitrogens with one attached hydrogen (secondary N) is 1. The molecular weight excluding hydrogens is 228 g/mol. The van der Waals surface area contributed by atoms with Crippen molar-refractivity contribution in [2.24, 2.45) is 22.6 Å². The van der Waals surface area contributed by atoms with Crippen LogP contribution in [0.2, 0.25) is 0 Å². The van der Waals surface area contributed by atoms with Gasteiger partial charge in [-0.25, -0.2) is 8.42 Å². The number of carbonyl (C=O) groups excluding carboxylic acids is 1. The molecule has 2 aliphatic rings. The zero-order valence-electron chi connectivity index (χ0n) is 9.62. The Morgan fingerprint density at radius 3 is 2.50 bits per heavy atom. The lowest BCUT2D eigenvalue weighted by molar-refractivity contribution is -0.128. The zero-order valence-corrected chi connectivity index (χ0v) is 10.4. The Labute approximate surface area is 95.8 Å². The summed E-state index contributed by atoms with van der Waals surface area (Å²) in [5.74, 6) is 5.25. The third-order valence-electron chi connectivity index (χ3n) is 4.76. The number of ketones is 1.